The molecule has 3 aromatic heterocycles. The molecule has 0 unspecified atom stereocenters. The van der Waals surface area contributed by atoms with Crippen LogP contribution in [-0.2, 0) is 0 Å². The SMILES string of the molecule is Cc1cc(-n2c(C)ccc2C)nc2c1ccc(=O)n2[C@H]1CC[C@H](O)CC1. The number of hydrogen-bond acceptors (Lipinski definition) is 3. The van der Waals surface area contributed by atoms with E-state index in [2.05, 4.69) is 43.5 Å². The van der Waals surface area contributed by atoms with E-state index in [1.54, 1.807) is 6.07 Å². The number of pyridine rings is 2. The normalized spacial score (nSPS) is 20.6. The third-order valence-corrected chi connectivity index (χ3v) is 5.62. The Hall–Kier alpha value is -2.40. The van der Waals surface area contributed by atoms with Crippen molar-refractivity contribution < 1.29 is 5.11 Å². The average molecular weight is 351 g/mol. The number of aliphatic hydroxyl groups excluding tert-OH is 1. The Morgan fingerprint density at radius 2 is 1.65 bits per heavy atom. The molecule has 5 heteroatoms. The number of aryl methyl sites for hydroxylation is 3. The Labute approximate surface area is 152 Å². The smallest absolute Gasteiger partial charge is 0.252 e. The second-order valence-electron chi connectivity index (χ2n) is 7.49. The zero-order chi connectivity index (χ0) is 18.4. The lowest BCUT2D eigenvalue weighted by atomic mass is 9.92. The molecule has 1 aliphatic rings. The first-order chi connectivity index (χ1) is 12.5. The highest BCUT2D eigenvalue weighted by Crippen LogP contribution is 2.30. The molecule has 0 bridgehead atoms. The van der Waals surface area contributed by atoms with Gasteiger partial charge >= 0.3 is 0 Å². The molecule has 0 atom stereocenters. The summed E-state index contributed by atoms with van der Waals surface area (Å²) < 4.78 is 3.98. The van der Waals surface area contributed by atoms with Crippen molar-refractivity contribution in [2.24, 2.45) is 0 Å². The first-order valence-electron chi connectivity index (χ1n) is 9.32. The Bertz CT molecular complexity index is 1000. The molecule has 136 valence electrons. The third-order valence-electron chi connectivity index (χ3n) is 5.62. The molecule has 1 aliphatic carbocycles. The highest BCUT2D eigenvalue weighted by molar-refractivity contribution is 5.80. The molecule has 3 heterocycles. The summed E-state index contributed by atoms with van der Waals surface area (Å²) in [5.74, 6) is 0.852. The van der Waals surface area contributed by atoms with Crippen molar-refractivity contribution in [2.45, 2.75) is 58.6 Å². The van der Waals surface area contributed by atoms with Crippen LogP contribution in [0.2, 0.25) is 0 Å². The molecule has 0 aliphatic heterocycles. The first-order valence-corrected chi connectivity index (χ1v) is 9.32. The molecule has 0 radical (unpaired) electrons. The monoisotopic (exact) mass is 351 g/mol. The summed E-state index contributed by atoms with van der Waals surface area (Å²) >= 11 is 0. The van der Waals surface area contributed by atoms with Crippen molar-refractivity contribution in [2.75, 3.05) is 0 Å². The zero-order valence-electron chi connectivity index (χ0n) is 15.6. The zero-order valence-corrected chi connectivity index (χ0v) is 15.6. The largest absolute Gasteiger partial charge is 0.393 e. The molecule has 0 amide bonds. The molecule has 1 fully saturated rings. The van der Waals surface area contributed by atoms with Crippen molar-refractivity contribution in [1.82, 2.24) is 14.1 Å². The summed E-state index contributed by atoms with van der Waals surface area (Å²) in [6, 6.07) is 9.88. The van der Waals surface area contributed by atoms with E-state index in [1.165, 1.54) is 0 Å². The van der Waals surface area contributed by atoms with Gasteiger partial charge < -0.3 is 9.67 Å². The van der Waals surface area contributed by atoms with Gasteiger partial charge in [0.25, 0.3) is 5.56 Å². The van der Waals surface area contributed by atoms with Crippen LogP contribution in [0.5, 0.6) is 0 Å². The Kier molecular flexibility index (Phi) is 4.19. The van der Waals surface area contributed by atoms with Crippen LogP contribution in [0.25, 0.3) is 16.9 Å². The minimum absolute atomic E-state index is 0.0103. The van der Waals surface area contributed by atoms with Gasteiger partial charge in [0.2, 0.25) is 0 Å². The minimum atomic E-state index is -0.243. The van der Waals surface area contributed by atoms with Gasteiger partial charge in [-0.1, -0.05) is 0 Å². The van der Waals surface area contributed by atoms with Gasteiger partial charge in [0.15, 0.2) is 0 Å². The van der Waals surface area contributed by atoms with Crippen LogP contribution in [0.3, 0.4) is 0 Å². The molecule has 1 saturated carbocycles. The topological polar surface area (TPSA) is 60.0 Å². The summed E-state index contributed by atoms with van der Waals surface area (Å²) in [5, 5.41) is 10.8. The third kappa shape index (κ3) is 2.76. The summed E-state index contributed by atoms with van der Waals surface area (Å²) in [6.07, 6.45) is 2.86. The summed E-state index contributed by atoms with van der Waals surface area (Å²) in [6.45, 7) is 6.20. The molecule has 1 N–H and O–H groups in total. The number of fused-ring (bicyclic) bond motifs is 1. The lowest BCUT2D eigenvalue weighted by Gasteiger charge is -2.28. The maximum atomic E-state index is 12.7. The van der Waals surface area contributed by atoms with Gasteiger partial charge in [-0.2, -0.15) is 0 Å². The molecule has 26 heavy (non-hydrogen) atoms. The molecule has 0 aromatic carbocycles. The van der Waals surface area contributed by atoms with Crippen molar-refractivity contribution in [3.8, 4) is 5.82 Å². The summed E-state index contributed by atoms with van der Waals surface area (Å²) in [4.78, 5) is 17.6. The van der Waals surface area contributed by atoms with Crippen molar-refractivity contribution in [1.29, 1.82) is 0 Å². The van der Waals surface area contributed by atoms with Gasteiger partial charge in [-0.05, 0) is 76.3 Å². The number of rotatable bonds is 2. The van der Waals surface area contributed by atoms with Crippen molar-refractivity contribution in [3.05, 3.63) is 57.6 Å². The van der Waals surface area contributed by atoms with Crippen molar-refractivity contribution in [3.63, 3.8) is 0 Å². The number of aromatic nitrogens is 3. The average Bonchev–Trinajstić information content (AvgIpc) is 2.94. The predicted molar refractivity (Wildman–Crippen MR) is 103 cm³/mol. The van der Waals surface area contributed by atoms with Gasteiger partial charge in [0, 0.05) is 28.9 Å². The maximum absolute atomic E-state index is 12.7. The molecular formula is C21H25N3O2. The molecule has 3 aromatic rings. The fourth-order valence-electron chi connectivity index (χ4n) is 4.19. The van der Waals surface area contributed by atoms with E-state index in [0.29, 0.717) is 0 Å². The van der Waals surface area contributed by atoms with Gasteiger partial charge in [-0.25, -0.2) is 4.98 Å². The standard InChI is InChI=1S/C21H25N3O2/c1-13-12-19(23-14(2)4-5-15(23)3)22-21-18(13)10-11-20(26)24(21)16-6-8-17(25)9-7-16/h4-5,10-12,16-17,25H,6-9H2,1-3H3/t16-,17-. The van der Waals surface area contributed by atoms with Crippen LogP contribution in [0.15, 0.2) is 35.1 Å². The molecule has 4 rings (SSSR count). The van der Waals surface area contributed by atoms with E-state index in [4.69, 9.17) is 4.98 Å². The van der Waals surface area contributed by atoms with Gasteiger partial charge in [0.1, 0.15) is 11.5 Å². The molecule has 0 spiro atoms. The van der Waals surface area contributed by atoms with E-state index in [1.807, 2.05) is 10.6 Å². The lowest BCUT2D eigenvalue weighted by molar-refractivity contribution is 0.111. The van der Waals surface area contributed by atoms with E-state index in [9.17, 15) is 9.90 Å². The van der Waals surface area contributed by atoms with Crippen LogP contribution in [0, 0.1) is 20.8 Å². The lowest BCUT2D eigenvalue weighted by Crippen LogP contribution is -2.29. The van der Waals surface area contributed by atoms with E-state index >= 15 is 0 Å². The quantitative estimate of drug-likeness (QED) is 0.767. The molecule has 5 nitrogen and oxygen atoms in total. The van der Waals surface area contributed by atoms with Crippen LogP contribution in [0.1, 0.15) is 48.7 Å². The summed E-state index contributed by atoms with van der Waals surface area (Å²) in [5.41, 5.74) is 4.10. The maximum Gasteiger partial charge on any atom is 0.252 e. The predicted octanol–water partition coefficient (Wildman–Crippen LogP) is 3.59. The van der Waals surface area contributed by atoms with E-state index in [-0.39, 0.29) is 17.7 Å². The Balaban J connectivity index is 1.94. The highest BCUT2D eigenvalue weighted by Gasteiger charge is 2.24. The van der Waals surface area contributed by atoms with Crippen molar-refractivity contribution >= 4 is 11.0 Å². The van der Waals surface area contributed by atoms with Gasteiger partial charge in [-0.3, -0.25) is 9.36 Å². The van der Waals surface area contributed by atoms with Gasteiger partial charge in [-0.15, -0.1) is 0 Å². The van der Waals surface area contributed by atoms with E-state index < -0.39 is 0 Å². The fraction of sp³-hybridized carbons (Fsp3) is 0.429. The molecular weight excluding hydrogens is 326 g/mol. The van der Waals surface area contributed by atoms with Gasteiger partial charge in [0.05, 0.1) is 6.10 Å². The Morgan fingerprint density at radius 1 is 1.00 bits per heavy atom. The van der Waals surface area contributed by atoms with Crippen LogP contribution in [-0.4, -0.2) is 25.3 Å². The highest BCUT2D eigenvalue weighted by atomic mass is 16.3. The van der Waals surface area contributed by atoms with Crippen LogP contribution < -0.4 is 5.56 Å². The van der Waals surface area contributed by atoms with Crippen LogP contribution >= 0.6 is 0 Å². The fourth-order valence-corrected chi connectivity index (χ4v) is 4.19. The number of hydrogen-bond donors (Lipinski definition) is 1. The minimum Gasteiger partial charge on any atom is -0.393 e. The number of aliphatic hydroxyl groups is 1. The molecule has 0 saturated heterocycles. The second-order valence-corrected chi connectivity index (χ2v) is 7.49. The van der Waals surface area contributed by atoms with E-state index in [0.717, 1.165) is 59.5 Å². The number of nitrogens with zero attached hydrogens (tertiary/aromatic N) is 3. The second kappa shape index (κ2) is 6.40. The van der Waals surface area contributed by atoms with Crippen LogP contribution in [0.4, 0.5) is 0 Å². The Morgan fingerprint density at radius 3 is 2.31 bits per heavy atom. The first kappa shape index (κ1) is 17.0. The summed E-state index contributed by atoms with van der Waals surface area (Å²) in [7, 11) is 0.